The van der Waals surface area contributed by atoms with Crippen molar-refractivity contribution in [2.45, 2.75) is 38.6 Å². The first-order chi connectivity index (χ1) is 12.0. The van der Waals surface area contributed by atoms with Gasteiger partial charge in [0.1, 0.15) is 6.54 Å². The molecular weight excluding hydrogens is 320 g/mol. The maximum absolute atomic E-state index is 12.1. The van der Waals surface area contributed by atoms with Gasteiger partial charge >= 0.3 is 5.97 Å². The van der Waals surface area contributed by atoms with Crippen molar-refractivity contribution >= 4 is 17.8 Å². The van der Waals surface area contributed by atoms with Crippen LogP contribution in [0.25, 0.3) is 0 Å². The molecule has 6 heteroatoms. The van der Waals surface area contributed by atoms with Crippen LogP contribution < -0.4 is 5.32 Å². The minimum atomic E-state index is -0.622. The van der Waals surface area contributed by atoms with Crippen LogP contribution in [0.1, 0.15) is 43.0 Å². The molecule has 0 bridgehead atoms. The number of carbonyl (C=O) groups is 3. The summed E-state index contributed by atoms with van der Waals surface area (Å²) in [4.78, 5) is 37.4. The molecule has 6 nitrogen and oxygen atoms in total. The van der Waals surface area contributed by atoms with Gasteiger partial charge < -0.3 is 15.0 Å². The first-order valence-corrected chi connectivity index (χ1v) is 8.72. The Bertz CT molecular complexity index is 595. The Kier molecular flexibility index (Phi) is 6.98. The van der Waals surface area contributed by atoms with Gasteiger partial charge in [-0.1, -0.05) is 25.1 Å². The summed E-state index contributed by atoms with van der Waals surface area (Å²) in [6.07, 6.45) is 4.22. The van der Waals surface area contributed by atoms with E-state index >= 15 is 0 Å². The maximum Gasteiger partial charge on any atom is 0.325 e. The van der Waals surface area contributed by atoms with E-state index in [1.54, 1.807) is 42.3 Å². The van der Waals surface area contributed by atoms with Crippen molar-refractivity contribution in [3.8, 4) is 0 Å². The summed E-state index contributed by atoms with van der Waals surface area (Å²) in [5.41, 5.74) is 0.470. The molecule has 136 valence electrons. The highest BCUT2D eigenvalue weighted by atomic mass is 16.5. The van der Waals surface area contributed by atoms with E-state index in [9.17, 15) is 14.4 Å². The van der Waals surface area contributed by atoms with Gasteiger partial charge in [0.15, 0.2) is 6.61 Å². The molecule has 1 N–H and O–H groups in total. The van der Waals surface area contributed by atoms with Gasteiger partial charge in [-0.15, -0.1) is 0 Å². The molecule has 1 fully saturated rings. The van der Waals surface area contributed by atoms with E-state index in [1.807, 2.05) is 0 Å². The third-order valence-electron chi connectivity index (χ3n) is 4.71. The standard InChI is InChI=1S/C19H26N2O4/c1-14-8-10-16(11-9-14)21(2)17(22)13-25-18(23)12-20-19(24)15-6-4-3-5-7-15/h3-7,14,16H,8-13H2,1-2H3,(H,20,24). The fourth-order valence-electron chi connectivity index (χ4n) is 2.97. The van der Waals surface area contributed by atoms with Crippen LogP contribution >= 0.6 is 0 Å². The predicted molar refractivity (Wildman–Crippen MR) is 93.9 cm³/mol. The van der Waals surface area contributed by atoms with Crippen molar-refractivity contribution in [3.05, 3.63) is 35.9 Å². The lowest BCUT2D eigenvalue weighted by molar-refractivity contribution is -0.151. The molecule has 2 rings (SSSR count). The molecule has 2 amide bonds. The highest BCUT2D eigenvalue weighted by Gasteiger charge is 2.25. The predicted octanol–water partition coefficient (Wildman–Crippen LogP) is 2.00. The molecule has 0 aliphatic heterocycles. The van der Waals surface area contributed by atoms with Gasteiger partial charge in [0.05, 0.1) is 0 Å². The van der Waals surface area contributed by atoms with Crippen LogP contribution in [0.4, 0.5) is 0 Å². The molecule has 0 heterocycles. The summed E-state index contributed by atoms with van der Waals surface area (Å²) in [5, 5.41) is 2.48. The number of nitrogens with zero attached hydrogens (tertiary/aromatic N) is 1. The molecule has 0 saturated heterocycles. The number of nitrogens with one attached hydrogen (secondary N) is 1. The lowest BCUT2D eigenvalue weighted by Gasteiger charge is -2.33. The van der Waals surface area contributed by atoms with E-state index < -0.39 is 5.97 Å². The Morgan fingerprint density at radius 3 is 2.40 bits per heavy atom. The van der Waals surface area contributed by atoms with Crippen LogP contribution in [0.2, 0.25) is 0 Å². The third-order valence-corrected chi connectivity index (χ3v) is 4.71. The molecule has 1 saturated carbocycles. The van der Waals surface area contributed by atoms with Gasteiger partial charge in [0, 0.05) is 18.7 Å². The van der Waals surface area contributed by atoms with E-state index in [0.29, 0.717) is 11.5 Å². The lowest BCUT2D eigenvalue weighted by Crippen LogP contribution is -2.42. The van der Waals surface area contributed by atoms with Crippen LogP contribution in [0.15, 0.2) is 30.3 Å². The van der Waals surface area contributed by atoms with E-state index in [2.05, 4.69) is 12.2 Å². The summed E-state index contributed by atoms with van der Waals surface area (Å²) in [6.45, 7) is 1.68. The van der Waals surface area contributed by atoms with Crippen molar-refractivity contribution in [2.24, 2.45) is 5.92 Å². The molecule has 0 atom stereocenters. The van der Waals surface area contributed by atoms with E-state index in [-0.39, 0.29) is 31.0 Å². The minimum absolute atomic E-state index is 0.206. The van der Waals surface area contributed by atoms with Crippen molar-refractivity contribution in [3.63, 3.8) is 0 Å². The molecule has 1 aromatic carbocycles. The number of amides is 2. The van der Waals surface area contributed by atoms with E-state index in [0.717, 1.165) is 25.7 Å². The number of esters is 1. The van der Waals surface area contributed by atoms with Crippen LogP contribution in [0, 0.1) is 5.92 Å². The normalized spacial score (nSPS) is 19.8. The summed E-state index contributed by atoms with van der Waals surface area (Å²) < 4.78 is 4.98. The second kappa shape index (κ2) is 9.20. The Labute approximate surface area is 148 Å². The zero-order valence-electron chi connectivity index (χ0n) is 14.9. The third kappa shape index (κ3) is 5.89. The van der Waals surface area contributed by atoms with Crippen LogP contribution in [0.5, 0.6) is 0 Å². The van der Waals surface area contributed by atoms with Crippen LogP contribution in [0.3, 0.4) is 0 Å². The monoisotopic (exact) mass is 346 g/mol. The quantitative estimate of drug-likeness (QED) is 0.800. The van der Waals surface area contributed by atoms with Gasteiger partial charge in [0.2, 0.25) is 0 Å². The lowest BCUT2D eigenvalue weighted by atomic mass is 9.87. The molecule has 1 aliphatic carbocycles. The van der Waals surface area contributed by atoms with Gasteiger partial charge in [-0.3, -0.25) is 14.4 Å². The number of likely N-dealkylation sites (N-methyl/N-ethyl adjacent to an activating group) is 1. The average molecular weight is 346 g/mol. The summed E-state index contributed by atoms with van der Waals surface area (Å²) in [5.74, 6) is -0.464. The molecule has 1 aromatic rings. The Morgan fingerprint density at radius 2 is 1.76 bits per heavy atom. The van der Waals surface area contributed by atoms with Crippen LogP contribution in [-0.2, 0) is 14.3 Å². The average Bonchev–Trinajstić information content (AvgIpc) is 2.64. The molecular formula is C19H26N2O4. The second-order valence-corrected chi connectivity index (χ2v) is 6.63. The number of carbonyl (C=O) groups excluding carboxylic acids is 3. The number of ether oxygens (including phenoxy) is 1. The number of benzene rings is 1. The molecule has 0 radical (unpaired) electrons. The molecule has 0 spiro atoms. The van der Waals surface area contributed by atoms with Gasteiger partial charge in [0.25, 0.3) is 11.8 Å². The van der Waals surface area contributed by atoms with Crippen molar-refractivity contribution in [2.75, 3.05) is 20.2 Å². The molecule has 0 aromatic heterocycles. The highest BCUT2D eigenvalue weighted by molar-refractivity contribution is 5.96. The zero-order chi connectivity index (χ0) is 18.2. The Hall–Kier alpha value is -2.37. The molecule has 25 heavy (non-hydrogen) atoms. The van der Waals surface area contributed by atoms with Crippen molar-refractivity contribution < 1.29 is 19.1 Å². The topological polar surface area (TPSA) is 75.7 Å². The van der Waals surface area contributed by atoms with Crippen molar-refractivity contribution in [1.29, 1.82) is 0 Å². The van der Waals surface area contributed by atoms with Gasteiger partial charge in [-0.2, -0.15) is 0 Å². The fourth-order valence-corrected chi connectivity index (χ4v) is 2.97. The molecule has 0 unspecified atom stereocenters. The van der Waals surface area contributed by atoms with E-state index in [1.165, 1.54) is 0 Å². The minimum Gasteiger partial charge on any atom is -0.454 e. The zero-order valence-corrected chi connectivity index (χ0v) is 14.9. The smallest absolute Gasteiger partial charge is 0.325 e. The van der Waals surface area contributed by atoms with Gasteiger partial charge in [-0.25, -0.2) is 0 Å². The number of rotatable bonds is 6. The number of hydrogen-bond acceptors (Lipinski definition) is 4. The first kappa shape index (κ1) is 19.0. The Balaban J connectivity index is 1.68. The largest absolute Gasteiger partial charge is 0.454 e. The summed E-state index contributed by atoms with van der Waals surface area (Å²) in [6, 6.07) is 8.83. The van der Waals surface area contributed by atoms with Crippen LogP contribution in [-0.4, -0.2) is 48.9 Å². The summed E-state index contributed by atoms with van der Waals surface area (Å²) in [7, 11) is 1.76. The second-order valence-electron chi connectivity index (χ2n) is 6.63. The van der Waals surface area contributed by atoms with Crippen molar-refractivity contribution in [1.82, 2.24) is 10.2 Å². The highest BCUT2D eigenvalue weighted by Crippen LogP contribution is 2.26. The van der Waals surface area contributed by atoms with E-state index in [4.69, 9.17) is 4.74 Å². The maximum atomic E-state index is 12.1. The van der Waals surface area contributed by atoms with Gasteiger partial charge in [-0.05, 0) is 43.7 Å². The Morgan fingerprint density at radius 1 is 1.12 bits per heavy atom. The fraction of sp³-hybridized carbons (Fsp3) is 0.526. The SMILES string of the molecule is CC1CCC(N(C)C(=O)COC(=O)CNC(=O)c2ccccc2)CC1. The number of hydrogen-bond donors (Lipinski definition) is 1. The first-order valence-electron chi connectivity index (χ1n) is 8.72. The summed E-state index contributed by atoms with van der Waals surface area (Å²) >= 11 is 0. The molecule has 1 aliphatic rings.